The topological polar surface area (TPSA) is 64.6 Å². The highest BCUT2D eigenvalue weighted by atomic mass is 16.6. The third kappa shape index (κ3) is 4.42. The molecule has 0 aromatic heterocycles. The predicted octanol–water partition coefficient (Wildman–Crippen LogP) is 2.17. The summed E-state index contributed by atoms with van der Waals surface area (Å²) < 4.78 is 10.1. The lowest BCUT2D eigenvalue weighted by atomic mass is 10.2. The van der Waals surface area contributed by atoms with Crippen LogP contribution in [-0.2, 0) is 20.9 Å². The van der Waals surface area contributed by atoms with E-state index in [0.29, 0.717) is 6.42 Å². The Morgan fingerprint density at radius 2 is 2.00 bits per heavy atom. The third-order valence-electron chi connectivity index (χ3n) is 2.88. The fourth-order valence-corrected chi connectivity index (χ4v) is 1.99. The van der Waals surface area contributed by atoms with Crippen LogP contribution in [0.25, 0.3) is 0 Å². The van der Waals surface area contributed by atoms with Crippen LogP contribution in [0.5, 0.6) is 0 Å². The zero-order valence-electron chi connectivity index (χ0n) is 11.2. The van der Waals surface area contributed by atoms with Gasteiger partial charge >= 0.3 is 12.1 Å². The van der Waals surface area contributed by atoms with E-state index in [4.69, 9.17) is 9.47 Å². The van der Waals surface area contributed by atoms with Crippen LogP contribution in [-0.4, -0.2) is 24.2 Å². The van der Waals surface area contributed by atoms with Crippen LogP contribution in [0, 0.1) is 0 Å². The van der Waals surface area contributed by atoms with Crippen molar-refractivity contribution in [3.8, 4) is 0 Å². The summed E-state index contributed by atoms with van der Waals surface area (Å²) >= 11 is 0. The molecule has 20 heavy (non-hydrogen) atoms. The zero-order chi connectivity index (χ0) is 14.4. The van der Waals surface area contributed by atoms with Crippen molar-refractivity contribution in [3.05, 3.63) is 48.0 Å². The van der Waals surface area contributed by atoms with Gasteiger partial charge in [0.15, 0.2) is 0 Å². The minimum absolute atomic E-state index is 0.164. The SMILES string of the molecule is CC(=O)O[C@H]1C=C[C@@H](NC(=O)OCc2ccccc2)C1. The highest BCUT2D eigenvalue weighted by Gasteiger charge is 2.22. The second-order valence-electron chi connectivity index (χ2n) is 4.58. The number of carbonyl (C=O) groups is 2. The standard InChI is InChI=1S/C15H17NO4/c1-11(17)20-14-8-7-13(9-14)16-15(18)19-10-12-5-3-2-4-6-12/h2-8,13-14H,9-10H2,1H3,(H,16,18)/t13-,14+/m1/s1. The van der Waals surface area contributed by atoms with Crippen molar-refractivity contribution in [2.45, 2.75) is 32.1 Å². The van der Waals surface area contributed by atoms with Crippen molar-refractivity contribution in [1.82, 2.24) is 5.32 Å². The second-order valence-corrected chi connectivity index (χ2v) is 4.58. The number of rotatable bonds is 4. The summed E-state index contributed by atoms with van der Waals surface area (Å²) in [6, 6.07) is 9.30. The van der Waals surface area contributed by atoms with Gasteiger partial charge in [0, 0.05) is 13.3 Å². The van der Waals surface area contributed by atoms with Gasteiger partial charge in [-0.25, -0.2) is 4.79 Å². The number of amides is 1. The van der Waals surface area contributed by atoms with E-state index in [1.807, 2.05) is 30.3 Å². The quantitative estimate of drug-likeness (QED) is 0.675. The van der Waals surface area contributed by atoms with Crippen LogP contribution < -0.4 is 5.32 Å². The third-order valence-corrected chi connectivity index (χ3v) is 2.88. The molecular formula is C15H17NO4. The van der Waals surface area contributed by atoms with Gasteiger partial charge in [-0.05, 0) is 11.6 Å². The summed E-state index contributed by atoms with van der Waals surface area (Å²) in [5, 5.41) is 2.71. The normalized spacial score (nSPS) is 20.4. The average molecular weight is 275 g/mol. The highest BCUT2D eigenvalue weighted by Crippen LogP contribution is 2.14. The summed E-state index contributed by atoms with van der Waals surface area (Å²) in [7, 11) is 0. The van der Waals surface area contributed by atoms with Gasteiger partial charge in [0.25, 0.3) is 0 Å². The lowest BCUT2D eigenvalue weighted by Gasteiger charge is -2.14. The van der Waals surface area contributed by atoms with Gasteiger partial charge in [-0.2, -0.15) is 0 Å². The monoisotopic (exact) mass is 275 g/mol. The molecule has 1 N–H and O–H groups in total. The van der Waals surface area contributed by atoms with Crippen LogP contribution in [0.1, 0.15) is 18.9 Å². The van der Waals surface area contributed by atoms with E-state index >= 15 is 0 Å². The number of ether oxygens (including phenoxy) is 2. The number of hydrogen-bond donors (Lipinski definition) is 1. The van der Waals surface area contributed by atoms with Gasteiger partial charge in [-0.15, -0.1) is 0 Å². The van der Waals surface area contributed by atoms with E-state index in [1.165, 1.54) is 6.92 Å². The first-order chi connectivity index (χ1) is 9.63. The van der Waals surface area contributed by atoms with Gasteiger partial charge < -0.3 is 14.8 Å². The van der Waals surface area contributed by atoms with Crippen molar-refractivity contribution < 1.29 is 19.1 Å². The smallest absolute Gasteiger partial charge is 0.407 e. The van der Waals surface area contributed by atoms with Crippen LogP contribution in [0.2, 0.25) is 0 Å². The first-order valence-corrected chi connectivity index (χ1v) is 6.46. The number of nitrogens with one attached hydrogen (secondary N) is 1. The van der Waals surface area contributed by atoms with Crippen molar-refractivity contribution in [2.75, 3.05) is 0 Å². The largest absolute Gasteiger partial charge is 0.458 e. The molecule has 0 radical (unpaired) electrons. The van der Waals surface area contributed by atoms with E-state index in [0.717, 1.165) is 5.56 Å². The molecule has 106 valence electrons. The Balaban J connectivity index is 1.71. The first-order valence-electron chi connectivity index (χ1n) is 6.46. The number of hydrogen-bond acceptors (Lipinski definition) is 4. The lowest BCUT2D eigenvalue weighted by Crippen LogP contribution is -2.34. The van der Waals surface area contributed by atoms with Crippen molar-refractivity contribution in [1.29, 1.82) is 0 Å². The Bertz CT molecular complexity index is 498. The van der Waals surface area contributed by atoms with Crippen LogP contribution in [0.4, 0.5) is 4.79 Å². The molecule has 1 amide bonds. The molecule has 0 bridgehead atoms. The molecule has 1 aliphatic rings. The van der Waals surface area contributed by atoms with Crippen LogP contribution >= 0.6 is 0 Å². The maximum Gasteiger partial charge on any atom is 0.407 e. The number of alkyl carbamates (subject to hydrolysis) is 1. The van der Waals surface area contributed by atoms with Crippen LogP contribution in [0.3, 0.4) is 0 Å². The molecule has 0 heterocycles. The molecule has 0 saturated heterocycles. The number of esters is 1. The van der Waals surface area contributed by atoms with E-state index in [1.54, 1.807) is 12.2 Å². The maximum absolute atomic E-state index is 11.6. The first kappa shape index (κ1) is 14.1. The minimum Gasteiger partial charge on any atom is -0.458 e. The molecule has 5 nitrogen and oxygen atoms in total. The Kier molecular flexibility index (Phi) is 4.76. The summed E-state index contributed by atoms with van der Waals surface area (Å²) in [4.78, 5) is 22.4. The number of carbonyl (C=O) groups excluding carboxylic acids is 2. The molecule has 0 saturated carbocycles. The summed E-state index contributed by atoms with van der Waals surface area (Å²) in [6.45, 7) is 1.60. The highest BCUT2D eigenvalue weighted by molar-refractivity contribution is 5.68. The van der Waals surface area contributed by atoms with Gasteiger partial charge in [0.1, 0.15) is 12.7 Å². The molecule has 1 aliphatic carbocycles. The Morgan fingerprint density at radius 3 is 2.70 bits per heavy atom. The second kappa shape index (κ2) is 6.75. The molecule has 2 rings (SSSR count). The molecule has 1 aromatic rings. The fourth-order valence-electron chi connectivity index (χ4n) is 1.99. The van der Waals surface area contributed by atoms with Crippen molar-refractivity contribution in [3.63, 3.8) is 0 Å². The Labute approximate surface area is 117 Å². The summed E-state index contributed by atoms with van der Waals surface area (Å²) in [5.41, 5.74) is 0.933. The molecule has 0 unspecified atom stereocenters. The molecular weight excluding hydrogens is 258 g/mol. The van der Waals surface area contributed by atoms with Gasteiger partial charge in [-0.3, -0.25) is 4.79 Å². The van der Waals surface area contributed by atoms with Gasteiger partial charge in [0.05, 0.1) is 6.04 Å². The van der Waals surface area contributed by atoms with Crippen molar-refractivity contribution in [2.24, 2.45) is 0 Å². The van der Waals surface area contributed by atoms with Crippen LogP contribution in [0.15, 0.2) is 42.5 Å². The molecule has 5 heteroatoms. The van der Waals surface area contributed by atoms with E-state index < -0.39 is 6.09 Å². The summed E-state index contributed by atoms with van der Waals surface area (Å²) in [5.74, 6) is -0.327. The molecule has 1 aromatic carbocycles. The molecule has 2 atom stereocenters. The van der Waals surface area contributed by atoms with Gasteiger partial charge in [-0.1, -0.05) is 36.4 Å². The Hall–Kier alpha value is -2.30. The van der Waals surface area contributed by atoms with Crippen molar-refractivity contribution >= 4 is 12.1 Å². The molecule has 0 spiro atoms. The minimum atomic E-state index is -0.480. The maximum atomic E-state index is 11.6. The fraction of sp³-hybridized carbons (Fsp3) is 0.333. The Morgan fingerprint density at radius 1 is 1.25 bits per heavy atom. The van der Waals surface area contributed by atoms with E-state index in [-0.39, 0.29) is 24.7 Å². The zero-order valence-corrected chi connectivity index (χ0v) is 11.2. The van der Waals surface area contributed by atoms with E-state index in [2.05, 4.69) is 5.32 Å². The lowest BCUT2D eigenvalue weighted by molar-refractivity contribution is -0.144. The number of benzene rings is 1. The van der Waals surface area contributed by atoms with Gasteiger partial charge in [0.2, 0.25) is 0 Å². The average Bonchev–Trinajstić information content (AvgIpc) is 2.84. The molecule has 0 fully saturated rings. The molecule has 0 aliphatic heterocycles. The van der Waals surface area contributed by atoms with E-state index in [9.17, 15) is 9.59 Å². The summed E-state index contributed by atoms with van der Waals surface area (Å²) in [6.07, 6.45) is 3.36. The predicted molar refractivity (Wildman–Crippen MR) is 72.9 cm³/mol.